The van der Waals surface area contributed by atoms with Crippen molar-refractivity contribution in [1.82, 2.24) is 14.3 Å². The zero-order chi connectivity index (χ0) is 21.8. The summed E-state index contributed by atoms with van der Waals surface area (Å²) < 4.78 is 22.6. The Kier molecular flexibility index (Phi) is 6.02. The third kappa shape index (κ3) is 4.45. The van der Waals surface area contributed by atoms with Crippen LogP contribution in [0.15, 0.2) is 65.6 Å². The zero-order valence-electron chi connectivity index (χ0n) is 17.3. The van der Waals surface area contributed by atoms with E-state index in [0.717, 1.165) is 16.8 Å². The molecule has 7 heteroatoms. The number of nitrogens with zero attached hydrogens (tertiary/aromatic N) is 2. The van der Waals surface area contributed by atoms with Crippen molar-refractivity contribution in [2.24, 2.45) is 0 Å². The van der Waals surface area contributed by atoms with Gasteiger partial charge in [-0.25, -0.2) is 4.39 Å². The highest BCUT2D eigenvalue weighted by atomic mass is 19.1. The van der Waals surface area contributed by atoms with Crippen LogP contribution in [0.4, 0.5) is 4.39 Å². The van der Waals surface area contributed by atoms with E-state index in [-0.39, 0.29) is 17.9 Å². The van der Waals surface area contributed by atoms with Crippen molar-refractivity contribution in [1.29, 1.82) is 0 Å². The van der Waals surface area contributed by atoms with Crippen molar-refractivity contribution in [2.45, 2.75) is 32.9 Å². The molecule has 2 aromatic heterocycles. The van der Waals surface area contributed by atoms with Gasteiger partial charge in [-0.05, 0) is 61.4 Å². The Balaban J connectivity index is 1.41. The molecule has 6 nitrogen and oxygen atoms in total. The van der Waals surface area contributed by atoms with Gasteiger partial charge in [0.25, 0.3) is 5.56 Å². The summed E-state index contributed by atoms with van der Waals surface area (Å²) >= 11 is 0. The minimum atomic E-state index is -0.403. The largest absolute Gasteiger partial charge is 0.494 e. The van der Waals surface area contributed by atoms with Gasteiger partial charge in [0.2, 0.25) is 5.91 Å². The molecule has 4 rings (SSSR count). The maximum absolute atomic E-state index is 13.9. The summed E-state index contributed by atoms with van der Waals surface area (Å²) in [7, 11) is 0. The Morgan fingerprint density at radius 1 is 1.06 bits per heavy atom. The molecular weight excluding hydrogens is 397 g/mol. The number of amides is 1. The van der Waals surface area contributed by atoms with Crippen LogP contribution in [0.2, 0.25) is 0 Å². The van der Waals surface area contributed by atoms with Crippen molar-refractivity contribution in [3.8, 4) is 5.75 Å². The van der Waals surface area contributed by atoms with Gasteiger partial charge in [-0.15, -0.1) is 0 Å². The summed E-state index contributed by atoms with van der Waals surface area (Å²) in [6.07, 6.45) is 2.53. The van der Waals surface area contributed by atoms with Crippen LogP contribution in [0.3, 0.4) is 0 Å². The Labute approximate surface area is 178 Å². The molecule has 31 heavy (non-hydrogen) atoms. The highest BCUT2D eigenvalue weighted by Crippen LogP contribution is 2.17. The quantitative estimate of drug-likeness (QED) is 0.470. The van der Waals surface area contributed by atoms with Crippen molar-refractivity contribution < 1.29 is 13.9 Å². The molecule has 0 spiro atoms. The fourth-order valence-corrected chi connectivity index (χ4v) is 3.71. The van der Waals surface area contributed by atoms with Gasteiger partial charge in [-0.2, -0.15) is 0 Å². The number of carbonyl (C=O) groups excluding carboxylic acids is 1. The first-order chi connectivity index (χ1) is 15.1. The number of hydrogen-bond donors (Lipinski definition) is 1. The van der Waals surface area contributed by atoms with Gasteiger partial charge in [0.05, 0.1) is 17.6 Å². The molecule has 0 radical (unpaired) electrons. The fraction of sp³-hybridized carbons (Fsp3) is 0.250. The van der Waals surface area contributed by atoms with Gasteiger partial charge < -0.3 is 19.0 Å². The molecule has 0 aliphatic carbocycles. The Morgan fingerprint density at radius 3 is 2.65 bits per heavy atom. The number of ether oxygens (including phenoxy) is 1. The molecule has 2 aromatic carbocycles. The number of aryl methyl sites for hydroxylation is 1. The van der Waals surface area contributed by atoms with Crippen molar-refractivity contribution in [3.63, 3.8) is 0 Å². The molecule has 0 atom stereocenters. The molecule has 4 aromatic rings. The van der Waals surface area contributed by atoms with Crippen LogP contribution < -0.4 is 15.6 Å². The monoisotopic (exact) mass is 421 g/mol. The predicted molar refractivity (Wildman–Crippen MR) is 118 cm³/mol. The molecule has 0 bridgehead atoms. The van der Waals surface area contributed by atoms with Crippen LogP contribution in [0, 0.1) is 5.82 Å². The Bertz CT molecular complexity index is 1280. The lowest BCUT2D eigenvalue weighted by Crippen LogP contribution is -2.25. The molecule has 0 fully saturated rings. The van der Waals surface area contributed by atoms with E-state index in [9.17, 15) is 14.0 Å². The van der Waals surface area contributed by atoms with Crippen molar-refractivity contribution >= 4 is 22.5 Å². The number of aromatic nitrogens is 2. The summed E-state index contributed by atoms with van der Waals surface area (Å²) in [5.41, 5.74) is 2.58. The summed E-state index contributed by atoms with van der Waals surface area (Å²) in [4.78, 5) is 25.1. The minimum Gasteiger partial charge on any atom is -0.494 e. The van der Waals surface area contributed by atoms with Gasteiger partial charge in [0.1, 0.15) is 17.1 Å². The van der Waals surface area contributed by atoms with E-state index in [4.69, 9.17) is 4.74 Å². The molecule has 1 amide bonds. The van der Waals surface area contributed by atoms with E-state index in [1.807, 2.05) is 31.2 Å². The third-order valence-electron chi connectivity index (χ3n) is 5.21. The zero-order valence-corrected chi connectivity index (χ0v) is 17.3. The smallest absolute Gasteiger partial charge is 0.275 e. The highest BCUT2D eigenvalue weighted by molar-refractivity contribution is 5.79. The first-order valence-corrected chi connectivity index (χ1v) is 10.3. The van der Waals surface area contributed by atoms with Gasteiger partial charge in [-0.3, -0.25) is 9.59 Å². The predicted octanol–water partition coefficient (Wildman–Crippen LogP) is 3.89. The van der Waals surface area contributed by atoms with Crippen LogP contribution in [0.25, 0.3) is 16.6 Å². The third-order valence-corrected chi connectivity index (χ3v) is 5.21. The van der Waals surface area contributed by atoms with E-state index < -0.39 is 5.82 Å². The fourth-order valence-electron chi connectivity index (χ4n) is 3.71. The average Bonchev–Trinajstić information content (AvgIpc) is 3.26. The van der Waals surface area contributed by atoms with Crippen LogP contribution in [-0.2, 0) is 17.9 Å². The molecule has 0 aliphatic heterocycles. The first-order valence-electron chi connectivity index (χ1n) is 10.3. The van der Waals surface area contributed by atoms with Gasteiger partial charge in [-0.1, -0.05) is 12.1 Å². The molecule has 160 valence electrons. The highest BCUT2D eigenvalue weighted by Gasteiger charge is 2.12. The summed E-state index contributed by atoms with van der Waals surface area (Å²) in [5, 5.41) is 2.89. The standard InChI is InChI=1S/C24H24FN3O3/c1-2-31-19-10-7-17(8-11-19)16-26-23(29)6-4-14-28-22-15-18(25)9-12-20(22)27-13-3-5-21(27)24(28)30/h3,5,7-13,15H,2,4,6,14,16H2,1H3,(H,26,29). The van der Waals surface area contributed by atoms with E-state index in [1.54, 1.807) is 33.4 Å². The second kappa shape index (κ2) is 9.04. The number of hydrogen-bond acceptors (Lipinski definition) is 3. The summed E-state index contributed by atoms with van der Waals surface area (Å²) in [6, 6.07) is 15.5. The molecule has 0 aliphatic rings. The lowest BCUT2D eigenvalue weighted by atomic mass is 10.2. The number of fused-ring (bicyclic) bond motifs is 3. The maximum atomic E-state index is 13.9. The van der Waals surface area contributed by atoms with E-state index in [0.29, 0.717) is 37.2 Å². The topological polar surface area (TPSA) is 64.7 Å². The normalized spacial score (nSPS) is 11.2. The van der Waals surface area contributed by atoms with Crippen LogP contribution in [0.5, 0.6) is 5.75 Å². The number of benzene rings is 2. The summed E-state index contributed by atoms with van der Waals surface area (Å²) in [6.45, 7) is 3.29. The second-order valence-corrected chi connectivity index (χ2v) is 7.31. The number of carbonyl (C=O) groups is 1. The first kappa shape index (κ1) is 20.7. The van der Waals surface area contributed by atoms with E-state index >= 15 is 0 Å². The second-order valence-electron chi connectivity index (χ2n) is 7.31. The number of halogens is 1. The van der Waals surface area contributed by atoms with Crippen molar-refractivity contribution in [2.75, 3.05) is 6.61 Å². The Hall–Kier alpha value is -3.61. The molecule has 0 saturated carbocycles. The molecule has 0 unspecified atom stereocenters. The number of rotatable bonds is 8. The van der Waals surface area contributed by atoms with Crippen LogP contribution in [0.1, 0.15) is 25.3 Å². The van der Waals surface area contributed by atoms with E-state index in [1.165, 1.54) is 12.1 Å². The minimum absolute atomic E-state index is 0.0961. The van der Waals surface area contributed by atoms with Crippen LogP contribution in [-0.4, -0.2) is 21.5 Å². The SMILES string of the molecule is CCOc1ccc(CNC(=O)CCCn2c(=O)c3cccn3c3ccc(F)cc32)cc1. The number of nitrogens with one attached hydrogen (secondary N) is 1. The maximum Gasteiger partial charge on any atom is 0.275 e. The van der Waals surface area contributed by atoms with Gasteiger partial charge in [0.15, 0.2) is 0 Å². The van der Waals surface area contributed by atoms with Gasteiger partial charge >= 0.3 is 0 Å². The van der Waals surface area contributed by atoms with Crippen molar-refractivity contribution in [3.05, 3.63) is 82.5 Å². The molecular formula is C24H24FN3O3. The molecule has 1 N–H and O–H groups in total. The lowest BCUT2D eigenvalue weighted by Gasteiger charge is -2.13. The van der Waals surface area contributed by atoms with E-state index in [2.05, 4.69) is 5.32 Å². The van der Waals surface area contributed by atoms with Crippen LogP contribution >= 0.6 is 0 Å². The molecule has 0 saturated heterocycles. The lowest BCUT2D eigenvalue weighted by molar-refractivity contribution is -0.121. The van der Waals surface area contributed by atoms with Gasteiger partial charge in [0, 0.05) is 25.7 Å². The molecule has 2 heterocycles. The Morgan fingerprint density at radius 2 is 1.87 bits per heavy atom. The average molecular weight is 421 g/mol. The summed E-state index contributed by atoms with van der Waals surface area (Å²) in [5.74, 6) is 0.299.